The van der Waals surface area contributed by atoms with E-state index in [1.54, 1.807) is 43.3 Å². The van der Waals surface area contributed by atoms with Gasteiger partial charge in [0.15, 0.2) is 5.69 Å². The normalized spacial score (nSPS) is 10.8. The van der Waals surface area contributed by atoms with Crippen LogP contribution >= 0.6 is 0 Å². The first-order chi connectivity index (χ1) is 12.1. The fraction of sp³-hybridized carbons (Fsp3) is 0.211. The maximum atomic E-state index is 12.9. The summed E-state index contributed by atoms with van der Waals surface area (Å²) in [6.45, 7) is 2.59. The topological polar surface area (TPSA) is 64.0 Å². The van der Waals surface area contributed by atoms with Gasteiger partial charge >= 0.3 is 0 Å². The van der Waals surface area contributed by atoms with Gasteiger partial charge in [-0.15, -0.1) is 0 Å². The molecule has 3 rings (SSSR count). The average molecular weight is 339 g/mol. The molecule has 0 saturated heterocycles. The molecule has 1 N–H and O–H groups in total. The molecule has 1 heterocycles. The minimum atomic E-state index is -0.333. The van der Waals surface area contributed by atoms with Gasteiger partial charge in [-0.2, -0.15) is 5.10 Å². The fourth-order valence-electron chi connectivity index (χ4n) is 2.67. The third kappa shape index (κ3) is 3.57. The Kier molecular flexibility index (Phi) is 4.88. The van der Waals surface area contributed by atoms with Crippen molar-refractivity contribution < 1.29 is 9.18 Å². The van der Waals surface area contributed by atoms with E-state index in [-0.39, 0.29) is 23.0 Å². The molecule has 2 aromatic carbocycles. The van der Waals surface area contributed by atoms with E-state index in [0.29, 0.717) is 30.3 Å². The molecule has 5 nitrogen and oxygen atoms in total. The van der Waals surface area contributed by atoms with Crippen LogP contribution in [0, 0.1) is 5.82 Å². The van der Waals surface area contributed by atoms with Gasteiger partial charge in [0.25, 0.3) is 11.5 Å². The first-order valence-electron chi connectivity index (χ1n) is 8.12. The molecule has 0 spiro atoms. The standard InChI is InChI=1S/C19H18FN3O2/c1-2-23-19(25)16-6-4-3-5-15(16)17(22-23)18(24)21-12-11-13-7-9-14(20)10-8-13/h3-10H,2,11-12H2,1H3,(H,21,24). The summed E-state index contributed by atoms with van der Waals surface area (Å²) in [5.41, 5.74) is 0.954. The Balaban J connectivity index is 1.81. The van der Waals surface area contributed by atoms with E-state index in [0.717, 1.165) is 5.56 Å². The maximum Gasteiger partial charge on any atom is 0.274 e. The maximum absolute atomic E-state index is 12.9. The molecule has 128 valence electrons. The van der Waals surface area contributed by atoms with Gasteiger partial charge in [-0.05, 0) is 37.1 Å². The largest absolute Gasteiger partial charge is 0.350 e. The third-order valence-corrected chi connectivity index (χ3v) is 3.99. The minimum Gasteiger partial charge on any atom is -0.350 e. The van der Waals surface area contributed by atoms with Crippen molar-refractivity contribution in [3.8, 4) is 0 Å². The van der Waals surface area contributed by atoms with E-state index in [1.807, 2.05) is 0 Å². The first kappa shape index (κ1) is 16.8. The van der Waals surface area contributed by atoms with E-state index in [1.165, 1.54) is 16.8 Å². The summed E-state index contributed by atoms with van der Waals surface area (Å²) in [5.74, 6) is -0.620. The number of rotatable bonds is 5. The van der Waals surface area contributed by atoms with Crippen LogP contribution < -0.4 is 10.9 Å². The number of carbonyl (C=O) groups excluding carboxylic acids is 1. The molecule has 1 amide bonds. The number of hydrogen-bond donors (Lipinski definition) is 1. The quantitative estimate of drug-likeness (QED) is 0.777. The van der Waals surface area contributed by atoms with Crippen molar-refractivity contribution in [3.05, 3.63) is 76.0 Å². The van der Waals surface area contributed by atoms with Gasteiger partial charge < -0.3 is 5.32 Å². The number of hydrogen-bond acceptors (Lipinski definition) is 3. The highest BCUT2D eigenvalue weighted by Gasteiger charge is 2.15. The molecule has 25 heavy (non-hydrogen) atoms. The predicted molar refractivity (Wildman–Crippen MR) is 94.1 cm³/mol. The zero-order valence-corrected chi connectivity index (χ0v) is 13.8. The molecule has 0 aliphatic rings. The summed E-state index contributed by atoms with van der Waals surface area (Å²) in [7, 11) is 0. The van der Waals surface area contributed by atoms with E-state index < -0.39 is 0 Å². The summed E-state index contributed by atoms with van der Waals surface area (Å²) in [6.07, 6.45) is 0.581. The molecule has 1 aromatic heterocycles. The Bertz CT molecular complexity index is 965. The van der Waals surface area contributed by atoms with Crippen LogP contribution in [0.3, 0.4) is 0 Å². The molecule has 0 aliphatic heterocycles. The fourth-order valence-corrected chi connectivity index (χ4v) is 2.67. The van der Waals surface area contributed by atoms with Crippen LogP contribution in [0.15, 0.2) is 53.3 Å². The number of aryl methyl sites for hydroxylation is 1. The second-order valence-electron chi connectivity index (χ2n) is 5.65. The molecule has 0 saturated carbocycles. The minimum absolute atomic E-state index is 0.207. The summed E-state index contributed by atoms with van der Waals surface area (Å²) in [5, 5.41) is 8.03. The Morgan fingerprint density at radius 3 is 2.48 bits per heavy atom. The zero-order chi connectivity index (χ0) is 17.8. The predicted octanol–water partition coefficient (Wildman–Crippen LogP) is 2.53. The SMILES string of the molecule is CCn1nc(C(=O)NCCc2ccc(F)cc2)c2ccccc2c1=O. The number of halogens is 1. The Hall–Kier alpha value is -3.02. The number of nitrogens with one attached hydrogen (secondary N) is 1. The van der Waals surface area contributed by atoms with Crippen molar-refractivity contribution in [1.82, 2.24) is 15.1 Å². The van der Waals surface area contributed by atoms with Crippen molar-refractivity contribution in [2.75, 3.05) is 6.54 Å². The molecule has 6 heteroatoms. The molecule has 0 bridgehead atoms. The average Bonchev–Trinajstić information content (AvgIpc) is 2.64. The van der Waals surface area contributed by atoms with Crippen LogP contribution in [0.5, 0.6) is 0 Å². The highest BCUT2D eigenvalue weighted by molar-refractivity contribution is 6.04. The van der Waals surface area contributed by atoms with Crippen LogP contribution in [0.4, 0.5) is 4.39 Å². The molecule has 0 unspecified atom stereocenters. The smallest absolute Gasteiger partial charge is 0.274 e. The van der Waals surface area contributed by atoms with Gasteiger partial charge in [0.1, 0.15) is 5.82 Å². The number of carbonyl (C=O) groups is 1. The summed E-state index contributed by atoms with van der Waals surface area (Å²) < 4.78 is 14.2. The second-order valence-corrected chi connectivity index (χ2v) is 5.65. The number of benzene rings is 2. The lowest BCUT2D eigenvalue weighted by molar-refractivity contribution is 0.0948. The molecule has 3 aromatic rings. The van der Waals surface area contributed by atoms with E-state index in [4.69, 9.17) is 0 Å². The monoisotopic (exact) mass is 339 g/mol. The van der Waals surface area contributed by atoms with Crippen molar-refractivity contribution >= 4 is 16.7 Å². The van der Waals surface area contributed by atoms with Gasteiger partial charge in [-0.1, -0.05) is 30.3 Å². The van der Waals surface area contributed by atoms with Crippen molar-refractivity contribution in [3.63, 3.8) is 0 Å². The number of amides is 1. The van der Waals surface area contributed by atoms with Crippen molar-refractivity contribution in [2.24, 2.45) is 0 Å². The van der Waals surface area contributed by atoms with E-state index >= 15 is 0 Å². The van der Waals surface area contributed by atoms with Crippen LogP contribution in [0.1, 0.15) is 23.0 Å². The second kappa shape index (κ2) is 7.25. The van der Waals surface area contributed by atoms with E-state index in [9.17, 15) is 14.0 Å². The Morgan fingerprint density at radius 2 is 1.80 bits per heavy atom. The van der Waals surface area contributed by atoms with Crippen LogP contribution in [0.25, 0.3) is 10.8 Å². The van der Waals surface area contributed by atoms with Gasteiger partial charge in [0, 0.05) is 18.5 Å². The van der Waals surface area contributed by atoms with E-state index in [2.05, 4.69) is 10.4 Å². The molecule has 0 fully saturated rings. The first-order valence-corrected chi connectivity index (χ1v) is 8.12. The van der Waals surface area contributed by atoms with Gasteiger partial charge in [0.2, 0.25) is 0 Å². The lowest BCUT2D eigenvalue weighted by atomic mass is 10.1. The summed E-state index contributed by atoms with van der Waals surface area (Å²) >= 11 is 0. The van der Waals surface area contributed by atoms with Gasteiger partial charge in [-0.25, -0.2) is 9.07 Å². The van der Waals surface area contributed by atoms with Crippen LogP contribution in [-0.4, -0.2) is 22.2 Å². The summed E-state index contributed by atoms with van der Waals surface area (Å²) in [4.78, 5) is 24.8. The third-order valence-electron chi connectivity index (χ3n) is 3.99. The van der Waals surface area contributed by atoms with Crippen molar-refractivity contribution in [2.45, 2.75) is 19.9 Å². The highest BCUT2D eigenvalue weighted by atomic mass is 19.1. The zero-order valence-electron chi connectivity index (χ0n) is 13.8. The van der Waals surface area contributed by atoms with Gasteiger partial charge in [-0.3, -0.25) is 9.59 Å². The number of nitrogens with zero attached hydrogens (tertiary/aromatic N) is 2. The Morgan fingerprint density at radius 1 is 1.12 bits per heavy atom. The van der Waals surface area contributed by atoms with Crippen LogP contribution in [-0.2, 0) is 13.0 Å². The molecule has 0 aliphatic carbocycles. The summed E-state index contributed by atoms with van der Waals surface area (Å²) in [6, 6.07) is 13.1. The lowest BCUT2D eigenvalue weighted by Crippen LogP contribution is -2.31. The lowest BCUT2D eigenvalue weighted by Gasteiger charge is -2.10. The number of aromatic nitrogens is 2. The Labute approximate surface area is 144 Å². The number of fused-ring (bicyclic) bond motifs is 1. The highest BCUT2D eigenvalue weighted by Crippen LogP contribution is 2.13. The van der Waals surface area contributed by atoms with Crippen molar-refractivity contribution in [1.29, 1.82) is 0 Å². The van der Waals surface area contributed by atoms with Crippen LogP contribution in [0.2, 0.25) is 0 Å². The molecule has 0 radical (unpaired) electrons. The molecule has 0 atom stereocenters. The molecular formula is C19H18FN3O2. The molecular weight excluding hydrogens is 321 g/mol. The van der Waals surface area contributed by atoms with Gasteiger partial charge in [0.05, 0.1) is 5.39 Å².